The van der Waals surface area contributed by atoms with Gasteiger partial charge in [0.05, 0.1) is 12.0 Å². The van der Waals surface area contributed by atoms with E-state index in [4.69, 9.17) is 5.11 Å². The van der Waals surface area contributed by atoms with Crippen molar-refractivity contribution in [2.45, 2.75) is 38.8 Å². The molecule has 3 atom stereocenters. The Morgan fingerprint density at radius 1 is 1.52 bits per heavy atom. The molecular weight excluding hydrogens is 288 g/mol. The minimum Gasteiger partial charge on any atom is -0.481 e. The molecule has 1 aliphatic rings. The summed E-state index contributed by atoms with van der Waals surface area (Å²) in [6.07, 6.45) is 1.06. The van der Waals surface area contributed by atoms with Crippen LogP contribution in [0.3, 0.4) is 0 Å². The van der Waals surface area contributed by atoms with Gasteiger partial charge in [0.1, 0.15) is 0 Å². The topological polar surface area (TPSA) is 60.9 Å². The van der Waals surface area contributed by atoms with E-state index in [0.717, 1.165) is 4.88 Å². The van der Waals surface area contributed by atoms with Crippen molar-refractivity contribution in [2.24, 2.45) is 5.92 Å². The highest BCUT2D eigenvalue weighted by Gasteiger charge is 2.34. The highest BCUT2D eigenvalue weighted by atomic mass is 32.1. The molecule has 1 aliphatic heterocycles. The number of piperidine rings is 1. The molecule has 0 aromatic carbocycles. The molecule has 2 rings (SSSR count). The Morgan fingerprint density at radius 3 is 2.76 bits per heavy atom. The summed E-state index contributed by atoms with van der Waals surface area (Å²) in [5, 5.41) is 11.1. The molecule has 116 valence electrons. The summed E-state index contributed by atoms with van der Waals surface area (Å²) in [5.74, 6) is -1.08. The van der Waals surface area contributed by atoms with Crippen molar-refractivity contribution < 1.29 is 14.7 Å². The van der Waals surface area contributed by atoms with Crippen molar-refractivity contribution in [1.82, 2.24) is 9.80 Å². The number of rotatable bonds is 3. The monoisotopic (exact) mass is 310 g/mol. The molecule has 1 aromatic heterocycles. The molecule has 2 heterocycles. The SMILES string of the molecule is CC(c1cccs1)N(C)C(=O)N1CCC(C(=O)O)CC1C. The molecule has 1 fully saturated rings. The average Bonchev–Trinajstić information content (AvgIpc) is 2.98. The van der Waals surface area contributed by atoms with Gasteiger partial charge in [-0.2, -0.15) is 0 Å². The summed E-state index contributed by atoms with van der Waals surface area (Å²) >= 11 is 1.64. The normalized spacial score (nSPS) is 23.7. The number of urea groups is 1. The molecule has 3 unspecified atom stereocenters. The van der Waals surface area contributed by atoms with Gasteiger partial charge in [0, 0.05) is 24.5 Å². The number of hydrogen-bond donors (Lipinski definition) is 1. The Morgan fingerprint density at radius 2 is 2.24 bits per heavy atom. The predicted molar refractivity (Wildman–Crippen MR) is 82.4 cm³/mol. The molecule has 0 radical (unpaired) electrons. The lowest BCUT2D eigenvalue weighted by molar-refractivity contribution is -0.143. The van der Waals surface area contributed by atoms with Gasteiger partial charge in [-0.25, -0.2) is 4.79 Å². The number of carbonyl (C=O) groups is 2. The third-order valence-corrected chi connectivity index (χ3v) is 5.35. The van der Waals surface area contributed by atoms with Gasteiger partial charge in [0.25, 0.3) is 0 Å². The zero-order valence-electron chi connectivity index (χ0n) is 12.7. The van der Waals surface area contributed by atoms with Gasteiger partial charge in [0.2, 0.25) is 0 Å². The van der Waals surface area contributed by atoms with Crippen LogP contribution in [0.25, 0.3) is 0 Å². The van der Waals surface area contributed by atoms with E-state index in [1.807, 2.05) is 38.4 Å². The van der Waals surface area contributed by atoms with Gasteiger partial charge in [-0.05, 0) is 38.1 Å². The Kier molecular flexibility index (Phi) is 4.88. The van der Waals surface area contributed by atoms with Crippen molar-refractivity contribution in [3.8, 4) is 0 Å². The van der Waals surface area contributed by atoms with Crippen LogP contribution in [0.5, 0.6) is 0 Å². The number of carboxylic acid groups (broad SMARTS) is 1. The fraction of sp³-hybridized carbons (Fsp3) is 0.600. The number of likely N-dealkylation sites (tertiary alicyclic amines) is 1. The van der Waals surface area contributed by atoms with E-state index in [2.05, 4.69) is 0 Å². The maximum Gasteiger partial charge on any atom is 0.320 e. The first-order valence-electron chi connectivity index (χ1n) is 7.21. The van der Waals surface area contributed by atoms with Crippen LogP contribution in [0.2, 0.25) is 0 Å². The number of amides is 2. The number of hydrogen-bond acceptors (Lipinski definition) is 3. The predicted octanol–water partition coefficient (Wildman–Crippen LogP) is 3.05. The summed E-state index contributed by atoms with van der Waals surface area (Å²) in [6.45, 7) is 4.45. The van der Waals surface area contributed by atoms with Crippen LogP contribution in [0, 0.1) is 5.92 Å². The Labute approximate surface area is 129 Å². The Balaban J connectivity index is 2.01. The molecule has 1 saturated heterocycles. The lowest BCUT2D eigenvalue weighted by Crippen LogP contribution is -2.51. The third-order valence-electron chi connectivity index (χ3n) is 4.31. The van der Waals surface area contributed by atoms with Crippen molar-refractivity contribution in [3.63, 3.8) is 0 Å². The summed E-state index contributed by atoms with van der Waals surface area (Å²) in [4.78, 5) is 28.4. The zero-order valence-corrected chi connectivity index (χ0v) is 13.5. The van der Waals surface area contributed by atoms with Gasteiger partial charge in [0.15, 0.2) is 0 Å². The van der Waals surface area contributed by atoms with Crippen molar-refractivity contribution in [2.75, 3.05) is 13.6 Å². The smallest absolute Gasteiger partial charge is 0.320 e. The molecule has 6 heteroatoms. The summed E-state index contributed by atoms with van der Waals surface area (Å²) in [7, 11) is 1.81. The largest absolute Gasteiger partial charge is 0.481 e. The van der Waals surface area contributed by atoms with Gasteiger partial charge >= 0.3 is 12.0 Å². The van der Waals surface area contributed by atoms with Crippen LogP contribution in [0.15, 0.2) is 17.5 Å². The Hall–Kier alpha value is -1.56. The van der Waals surface area contributed by atoms with Crippen molar-refractivity contribution >= 4 is 23.3 Å². The summed E-state index contributed by atoms with van der Waals surface area (Å²) in [5.41, 5.74) is 0. The highest BCUT2D eigenvalue weighted by Crippen LogP contribution is 2.28. The first-order chi connectivity index (χ1) is 9.91. The first kappa shape index (κ1) is 15.8. The van der Waals surface area contributed by atoms with E-state index in [1.165, 1.54) is 0 Å². The second-order valence-corrected chi connectivity index (χ2v) is 6.67. The van der Waals surface area contributed by atoms with Crippen molar-refractivity contribution in [1.29, 1.82) is 0 Å². The molecular formula is C15H22N2O3S. The molecule has 0 saturated carbocycles. The van der Waals surface area contributed by atoms with Gasteiger partial charge in [-0.15, -0.1) is 11.3 Å². The van der Waals surface area contributed by atoms with E-state index in [-0.39, 0.29) is 24.0 Å². The van der Waals surface area contributed by atoms with Crippen molar-refractivity contribution in [3.05, 3.63) is 22.4 Å². The molecule has 0 aliphatic carbocycles. The van der Waals surface area contributed by atoms with Crippen LogP contribution in [-0.4, -0.2) is 46.5 Å². The fourth-order valence-corrected chi connectivity index (χ4v) is 3.60. The Bertz CT molecular complexity index is 503. The van der Waals surface area contributed by atoms with Crippen LogP contribution < -0.4 is 0 Å². The molecule has 1 aromatic rings. The maximum absolute atomic E-state index is 12.6. The van der Waals surface area contributed by atoms with Gasteiger partial charge in [-0.3, -0.25) is 4.79 Å². The quantitative estimate of drug-likeness (QED) is 0.933. The molecule has 5 nitrogen and oxygen atoms in total. The highest BCUT2D eigenvalue weighted by molar-refractivity contribution is 7.10. The summed E-state index contributed by atoms with van der Waals surface area (Å²) < 4.78 is 0. The van der Waals surface area contributed by atoms with Gasteiger partial charge < -0.3 is 14.9 Å². The van der Waals surface area contributed by atoms with Crippen LogP contribution in [-0.2, 0) is 4.79 Å². The number of carboxylic acids is 1. The van der Waals surface area contributed by atoms with Crippen LogP contribution >= 0.6 is 11.3 Å². The maximum atomic E-state index is 12.6. The first-order valence-corrected chi connectivity index (χ1v) is 8.09. The minimum absolute atomic E-state index is 0.0211. The number of nitrogens with zero attached hydrogens (tertiary/aromatic N) is 2. The van der Waals surface area contributed by atoms with Crippen LogP contribution in [0.1, 0.15) is 37.6 Å². The lowest BCUT2D eigenvalue weighted by atomic mass is 9.92. The van der Waals surface area contributed by atoms with Gasteiger partial charge in [-0.1, -0.05) is 6.07 Å². The molecule has 2 amide bonds. The second kappa shape index (κ2) is 6.47. The fourth-order valence-electron chi connectivity index (χ4n) is 2.77. The number of thiophene rings is 1. The van der Waals surface area contributed by atoms with E-state index < -0.39 is 5.97 Å². The molecule has 0 spiro atoms. The van der Waals surface area contributed by atoms with E-state index in [9.17, 15) is 9.59 Å². The van der Waals surface area contributed by atoms with E-state index >= 15 is 0 Å². The minimum atomic E-state index is -0.755. The molecule has 0 bridgehead atoms. The summed E-state index contributed by atoms with van der Waals surface area (Å²) in [6, 6.07) is 3.98. The average molecular weight is 310 g/mol. The van der Waals surface area contributed by atoms with Crippen LogP contribution in [0.4, 0.5) is 4.79 Å². The number of carbonyl (C=O) groups excluding carboxylic acids is 1. The second-order valence-electron chi connectivity index (χ2n) is 5.69. The molecule has 21 heavy (non-hydrogen) atoms. The zero-order chi connectivity index (χ0) is 15.6. The lowest BCUT2D eigenvalue weighted by Gasteiger charge is -2.39. The number of aliphatic carboxylic acids is 1. The standard InChI is InChI=1S/C15H22N2O3S/c1-10-9-12(14(18)19)6-7-17(10)15(20)16(3)11(2)13-5-4-8-21-13/h4-5,8,10-12H,6-7,9H2,1-3H3,(H,18,19). The third kappa shape index (κ3) is 3.37. The molecule has 1 N–H and O–H groups in total. The van der Waals surface area contributed by atoms with E-state index in [0.29, 0.717) is 19.4 Å². The van der Waals surface area contributed by atoms with E-state index in [1.54, 1.807) is 21.1 Å².